The zero-order valence-electron chi connectivity index (χ0n) is 26.7. The predicted octanol–water partition coefficient (Wildman–Crippen LogP) is 5.40. The first-order valence-corrected chi connectivity index (χ1v) is 14.1. The first kappa shape index (κ1) is 32.0. The third kappa shape index (κ3) is 6.68. The van der Waals surface area contributed by atoms with Crippen LogP contribution in [0.2, 0.25) is 0 Å². The summed E-state index contributed by atoms with van der Waals surface area (Å²) >= 11 is 0. The van der Waals surface area contributed by atoms with Gasteiger partial charge >= 0.3 is 17.1 Å². The van der Waals surface area contributed by atoms with Crippen LogP contribution in [0, 0.1) is 0 Å². The predicted molar refractivity (Wildman–Crippen MR) is 165 cm³/mol. The van der Waals surface area contributed by atoms with Gasteiger partial charge in [0.05, 0.1) is 13.1 Å². The maximum absolute atomic E-state index is 13.7. The summed E-state index contributed by atoms with van der Waals surface area (Å²) in [5.41, 5.74) is 0.338. The summed E-state index contributed by atoms with van der Waals surface area (Å²) < 4.78 is 2.03. The second-order valence-electron chi connectivity index (χ2n) is 15.3. The first-order chi connectivity index (χ1) is 18.4. The average Bonchev–Trinajstić information content (AvgIpc) is 2.78. The molecule has 0 unspecified atom stereocenters. The molecule has 3 N–H and O–H groups in total. The van der Waals surface area contributed by atoms with Gasteiger partial charge in [0.25, 0.3) is 0 Å². The Bertz CT molecular complexity index is 1450. The number of hydrogen-bond acceptors (Lipinski definition) is 5. The molecule has 8 heteroatoms. The molecule has 0 radical (unpaired) electrons. The zero-order chi connectivity index (χ0) is 31.5. The Hall–Kier alpha value is -3.55. The SMILES string of the molecule is CC(C)(C)c1cc(Cn2c(=O)[nH]c(=O)n(Cc3cc(C(C)(C)C)c(O)c(C(C)(C)C)c3)c2=O)cc(C(C)(C)C)c1O. The lowest BCUT2D eigenvalue weighted by Crippen LogP contribution is -2.49. The third-order valence-electron chi connectivity index (χ3n) is 7.42. The number of aromatic amines is 1. The van der Waals surface area contributed by atoms with Crippen molar-refractivity contribution in [2.45, 2.75) is 118 Å². The summed E-state index contributed by atoms with van der Waals surface area (Å²) in [4.78, 5) is 41.9. The van der Waals surface area contributed by atoms with Crippen molar-refractivity contribution in [2.75, 3.05) is 0 Å². The number of hydrogen-bond donors (Lipinski definition) is 3. The number of nitrogens with one attached hydrogen (secondary N) is 1. The molecule has 0 aliphatic heterocycles. The van der Waals surface area contributed by atoms with Crippen molar-refractivity contribution in [3.05, 3.63) is 89.1 Å². The molecule has 41 heavy (non-hydrogen) atoms. The van der Waals surface area contributed by atoms with Gasteiger partial charge in [-0.15, -0.1) is 0 Å². The number of aromatic nitrogens is 3. The standard InChI is InChI=1S/C33H47N3O5/c1-30(2,3)21-13-19(14-22(25(21)37)31(4,5)6)17-35-27(39)34-28(40)36(29(35)41)18-20-15-23(32(7,8)9)26(38)24(16-20)33(10,11)12/h13-16,37-38H,17-18H2,1-12H3,(H,34,39,40). The molecule has 1 aromatic heterocycles. The number of phenolic OH excluding ortho intramolecular Hbond substituents is 2. The average molecular weight is 566 g/mol. The van der Waals surface area contributed by atoms with Gasteiger partial charge in [-0.05, 0) is 79.3 Å². The van der Waals surface area contributed by atoms with Gasteiger partial charge in [-0.1, -0.05) is 83.1 Å². The number of nitrogens with zero attached hydrogens (tertiary/aromatic N) is 2. The Labute approximate surface area is 242 Å². The Morgan fingerprint density at radius 2 is 0.780 bits per heavy atom. The molecule has 0 atom stereocenters. The quantitative estimate of drug-likeness (QED) is 0.392. The molecule has 0 aliphatic carbocycles. The highest BCUT2D eigenvalue weighted by atomic mass is 16.3. The minimum Gasteiger partial charge on any atom is -0.507 e. The Balaban J connectivity index is 2.21. The third-order valence-corrected chi connectivity index (χ3v) is 7.42. The molecule has 0 saturated heterocycles. The molecule has 3 rings (SSSR count). The van der Waals surface area contributed by atoms with E-state index in [0.29, 0.717) is 33.4 Å². The normalized spacial score (nSPS) is 13.1. The van der Waals surface area contributed by atoms with E-state index in [2.05, 4.69) is 4.98 Å². The number of phenols is 2. The van der Waals surface area contributed by atoms with Gasteiger partial charge in [0.2, 0.25) is 0 Å². The van der Waals surface area contributed by atoms with Crippen LogP contribution in [-0.4, -0.2) is 24.3 Å². The molecule has 0 amide bonds. The Kier molecular flexibility index (Phi) is 8.09. The van der Waals surface area contributed by atoms with Crippen LogP contribution in [-0.2, 0) is 34.7 Å². The van der Waals surface area contributed by atoms with Crippen LogP contribution in [0.4, 0.5) is 0 Å². The van der Waals surface area contributed by atoms with E-state index in [1.807, 2.05) is 107 Å². The molecular weight excluding hydrogens is 518 g/mol. The highest BCUT2D eigenvalue weighted by Crippen LogP contribution is 2.41. The van der Waals surface area contributed by atoms with Gasteiger partial charge in [0.15, 0.2) is 0 Å². The van der Waals surface area contributed by atoms with E-state index in [4.69, 9.17) is 0 Å². The first-order valence-electron chi connectivity index (χ1n) is 14.1. The molecule has 0 fully saturated rings. The lowest BCUT2D eigenvalue weighted by molar-refractivity contribution is 0.421. The second kappa shape index (κ2) is 10.4. The van der Waals surface area contributed by atoms with Crippen LogP contribution in [0.1, 0.15) is 116 Å². The summed E-state index contributed by atoms with van der Waals surface area (Å²) in [7, 11) is 0. The maximum atomic E-state index is 13.7. The number of aromatic hydroxyl groups is 2. The molecule has 0 spiro atoms. The van der Waals surface area contributed by atoms with E-state index in [9.17, 15) is 24.6 Å². The van der Waals surface area contributed by atoms with Crippen LogP contribution < -0.4 is 17.1 Å². The fraction of sp³-hybridized carbons (Fsp3) is 0.545. The van der Waals surface area contributed by atoms with Crippen LogP contribution >= 0.6 is 0 Å². The summed E-state index contributed by atoms with van der Waals surface area (Å²) in [6, 6.07) is 7.27. The van der Waals surface area contributed by atoms with E-state index in [-0.39, 0.29) is 46.2 Å². The van der Waals surface area contributed by atoms with Crippen molar-refractivity contribution in [2.24, 2.45) is 0 Å². The minimum absolute atomic E-state index is 0.0725. The number of rotatable bonds is 4. The van der Waals surface area contributed by atoms with E-state index >= 15 is 0 Å². The summed E-state index contributed by atoms with van der Waals surface area (Å²) in [5, 5.41) is 22.2. The van der Waals surface area contributed by atoms with Crippen LogP contribution in [0.5, 0.6) is 11.5 Å². The van der Waals surface area contributed by atoms with Crippen LogP contribution in [0.15, 0.2) is 38.6 Å². The molecule has 2 aromatic carbocycles. The van der Waals surface area contributed by atoms with Crippen LogP contribution in [0.25, 0.3) is 0 Å². The van der Waals surface area contributed by atoms with Crippen molar-refractivity contribution in [1.29, 1.82) is 0 Å². The lowest BCUT2D eigenvalue weighted by atomic mass is 9.78. The highest BCUT2D eigenvalue weighted by molar-refractivity contribution is 5.51. The zero-order valence-corrected chi connectivity index (χ0v) is 26.7. The lowest BCUT2D eigenvalue weighted by Gasteiger charge is -2.28. The molecule has 1 heterocycles. The van der Waals surface area contributed by atoms with Gasteiger partial charge < -0.3 is 10.2 Å². The van der Waals surface area contributed by atoms with E-state index < -0.39 is 17.1 Å². The second-order valence-corrected chi connectivity index (χ2v) is 15.3. The van der Waals surface area contributed by atoms with Crippen molar-refractivity contribution in [3.63, 3.8) is 0 Å². The molecular formula is C33H47N3O5. The van der Waals surface area contributed by atoms with Gasteiger partial charge in [0.1, 0.15) is 11.5 Å². The summed E-state index contributed by atoms with van der Waals surface area (Å²) in [6.45, 7) is 23.8. The fourth-order valence-corrected chi connectivity index (χ4v) is 5.05. The molecule has 0 saturated carbocycles. The summed E-state index contributed by atoms with van der Waals surface area (Å²) in [6.07, 6.45) is 0. The van der Waals surface area contributed by atoms with E-state index in [1.165, 1.54) is 0 Å². The Morgan fingerprint density at radius 1 is 0.537 bits per heavy atom. The van der Waals surface area contributed by atoms with Crippen molar-refractivity contribution in [1.82, 2.24) is 14.1 Å². The van der Waals surface area contributed by atoms with E-state index in [1.54, 1.807) is 0 Å². The molecule has 0 bridgehead atoms. The largest absolute Gasteiger partial charge is 0.507 e. The summed E-state index contributed by atoms with van der Waals surface area (Å²) in [5.74, 6) is 0.410. The van der Waals surface area contributed by atoms with Crippen molar-refractivity contribution >= 4 is 0 Å². The van der Waals surface area contributed by atoms with Crippen molar-refractivity contribution in [3.8, 4) is 11.5 Å². The number of H-pyrrole nitrogens is 1. The molecule has 3 aromatic rings. The Morgan fingerprint density at radius 3 is 1.00 bits per heavy atom. The van der Waals surface area contributed by atoms with E-state index in [0.717, 1.165) is 9.13 Å². The van der Waals surface area contributed by atoms with Crippen LogP contribution in [0.3, 0.4) is 0 Å². The highest BCUT2D eigenvalue weighted by Gasteiger charge is 2.28. The molecule has 0 aliphatic rings. The van der Waals surface area contributed by atoms with Crippen molar-refractivity contribution < 1.29 is 10.2 Å². The smallest absolute Gasteiger partial charge is 0.336 e. The van der Waals surface area contributed by atoms with Gasteiger partial charge in [-0.2, -0.15) is 0 Å². The van der Waals surface area contributed by atoms with Gasteiger partial charge in [0, 0.05) is 0 Å². The minimum atomic E-state index is -0.796. The molecule has 224 valence electrons. The number of benzene rings is 2. The van der Waals surface area contributed by atoms with Gasteiger partial charge in [-0.3, -0.25) is 4.98 Å². The monoisotopic (exact) mass is 565 g/mol. The molecule has 8 nitrogen and oxygen atoms in total. The van der Waals surface area contributed by atoms with Gasteiger partial charge in [-0.25, -0.2) is 23.5 Å². The maximum Gasteiger partial charge on any atom is 0.336 e. The topological polar surface area (TPSA) is 117 Å². The fourth-order valence-electron chi connectivity index (χ4n) is 5.05.